The average Bonchev–Trinajstić information content (AvgIpc) is 3.38. The van der Waals surface area contributed by atoms with Crippen LogP contribution in [0.25, 0.3) is 27.5 Å². The molecule has 0 aliphatic heterocycles. The molecule has 1 fully saturated rings. The number of benzene rings is 1. The molecule has 0 radical (unpaired) electrons. The standard InChI is InChI=1S/C24H27BrN8O/c1-24(22(34)27-2)6-3-16(11-24)30-23-29-13-19-20(25)32-33(21(19)31-23)17-9-14(4-7-26)18-12-28-8-5-15(18)10-17/h5,8-10,12-13,16H,3-4,6-7,11,26H2,1-2H3,(H,27,34)(H,29,30,31)/t16-,24-/m1/s1. The van der Waals surface area contributed by atoms with Gasteiger partial charge in [-0.3, -0.25) is 9.78 Å². The first-order chi connectivity index (χ1) is 16.4. The maximum absolute atomic E-state index is 12.3. The van der Waals surface area contributed by atoms with E-state index in [1.54, 1.807) is 19.4 Å². The van der Waals surface area contributed by atoms with Crippen molar-refractivity contribution < 1.29 is 4.79 Å². The number of hydrogen-bond donors (Lipinski definition) is 3. The number of fused-ring (bicyclic) bond motifs is 2. The number of hydrogen-bond acceptors (Lipinski definition) is 7. The van der Waals surface area contributed by atoms with Crippen LogP contribution < -0.4 is 16.4 Å². The molecule has 3 heterocycles. The summed E-state index contributed by atoms with van der Waals surface area (Å²) in [6.45, 7) is 2.56. The lowest BCUT2D eigenvalue weighted by molar-refractivity contribution is -0.129. The summed E-state index contributed by atoms with van der Waals surface area (Å²) in [7, 11) is 1.69. The van der Waals surface area contributed by atoms with Gasteiger partial charge in [-0.1, -0.05) is 6.92 Å². The third-order valence-electron chi connectivity index (χ3n) is 6.71. The lowest BCUT2D eigenvalue weighted by Crippen LogP contribution is -2.35. The average molecular weight is 523 g/mol. The molecule has 4 N–H and O–H groups in total. The molecule has 0 bridgehead atoms. The van der Waals surface area contributed by atoms with Crippen LogP contribution in [-0.2, 0) is 11.2 Å². The van der Waals surface area contributed by atoms with Crippen molar-refractivity contribution in [3.8, 4) is 5.69 Å². The van der Waals surface area contributed by atoms with Gasteiger partial charge in [0.25, 0.3) is 0 Å². The van der Waals surface area contributed by atoms with Crippen LogP contribution >= 0.6 is 15.9 Å². The number of nitrogens with one attached hydrogen (secondary N) is 2. The first kappa shape index (κ1) is 22.7. The summed E-state index contributed by atoms with van der Waals surface area (Å²) in [5.41, 5.74) is 8.22. The highest BCUT2D eigenvalue weighted by molar-refractivity contribution is 9.10. The molecule has 0 unspecified atom stereocenters. The summed E-state index contributed by atoms with van der Waals surface area (Å²) in [5, 5.41) is 13.9. The van der Waals surface area contributed by atoms with Gasteiger partial charge >= 0.3 is 0 Å². The van der Waals surface area contributed by atoms with E-state index >= 15 is 0 Å². The molecular formula is C24H27BrN8O. The Morgan fingerprint density at radius 2 is 2.18 bits per heavy atom. The van der Waals surface area contributed by atoms with E-state index in [4.69, 9.17) is 15.8 Å². The van der Waals surface area contributed by atoms with Gasteiger partial charge in [0.05, 0.1) is 11.1 Å². The molecule has 9 nitrogen and oxygen atoms in total. The minimum absolute atomic E-state index is 0.0787. The van der Waals surface area contributed by atoms with E-state index in [9.17, 15) is 4.79 Å². The van der Waals surface area contributed by atoms with Crippen molar-refractivity contribution in [2.45, 2.75) is 38.6 Å². The van der Waals surface area contributed by atoms with Crippen molar-refractivity contribution in [2.24, 2.45) is 11.1 Å². The summed E-state index contributed by atoms with van der Waals surface area (Å²) in [6, 6.07) is 6.29. The van der Waals surface area contributed by atoms with Crippen LogP contribution in [0.4, 0.5) is 5.95 Å². The third-order valence-corrected chi connectivity index (χ3v) is 7.30. The predicted molar refractivity (Wildman–Crippen MR) is 136 cm³/mol. The fourth-order valence-corrected chi connectivity index (χ4v) is 5.35. The first-order valence-electron chi connectivity index (χ1n) is 11.4. The zero-order valence-electron chi connectivity index (χ0n) is 19.2. The largest absolute Gasteiger partial charge is 0.359 e. The molecule has 1 amide bonds. The Morgan fingerprint density at radius 1 is 1.32 bits per heavy atom. The molecule has 34 heavy (non-hydrogen) atoms. The lowest BCUT2D eigenvalue weighted by Gasteiger charge is -2.22. The lowest BCUT2D eigenvalue weighted by atomic mass is 9.87. The monoisotopic (exact) mass is 522 g/mol. The summed E-state index contributed by atoms with van der Waals surface area (Å²) < 4.78 is 2.51. The summed E-state index contributed by atoms with van der Waals surface area (Å²) in [4.78, 5) is 25.9. The molecule has 0 spiro atoms. The van der Waals surface area contributed by atoms with E-state index in [-0.39, 0.29) is 17.4 Å². The van der Waals surface area contributed by atoms with Crippen molar-refractivity contribution in [3.63, 3.8) is 0 Å². The molecule has 1 aliphatic rings. The Morgan fingerprint density at radius 3 is 2.97 bits per heavy atom. The van der Waals surface area contributed by atoms with Crippen molar-refractivity contribution in [1.82, 2.24) is 30.0 Å². The number of nitrogens with two attached hydrogens (primary N) is 1. The van der Waals surface area contributed by atoms with Crippen LogP contribution in [0.2, 0.25) is 0 Å². The van der Waals surface area contributed by atoms with E-state index in [0.29, 0.717) is 22.7 Å². The first-order valence-corrected chi connectivity index (χ1v) is 12.2. The Balaban J connectivity index is 1.52. The number of rotatable bonds is 6. The molecule has 176 valence electrons. The third kappa shape index (κ3) is 4.01. The van der Waals surface area contributed by atoms with Crippen molar-refractivity contribution >= 4 is 49.6 Å². The Hall–Kier alpha value is -3.11. The number of aromatic nitrogens is 5. The number of pyridine rings is 1. The number of nitrogens with zero attached hydrogens (tertiary/aromatic N) is 5. The smallest absolute Gasteiger partial charge is 0.225 e. The summed E-state index contributed by atoms with van der Waals surface area (Å²) in [6.07, 6.45) is 8.62. The molecule has 1 aromatic carbocycles. The van der Waals surface area contributed by atoms with Crippen LogP contribution in [0.5, 0.6) is 0 Å². The van der Waals surface area contributed by atoms with Crippen molar-refractivity contribution in [3.05, 3.63) is 47.0 Å². The highest BCUT2D eigenvalue weighted by Crippen LogP contribution is 2.39. The molecular weight excluding hydrogens is 496 g/mol. The van der Waals surface area contributed by atoms with E-state index in [0.717, 1.165) is 53.1 Å². The number of carbonyl (C=O) groups excluding carboxylic acids is 1. The quantitative estimate of drug-likeness (QED) is 0.354. The van der Waals surface area contributed by atoms with E-state index in [2.05, 4.69) is 48.7 Å². The Kier molecular flexibility index (Phi) is 5.95. The highest BCUT2D eigenvalue weighted by atomic mass is 79.9. The summed E-state index contributed by atoms with van der Waals surface area (Å²) in [5.74, 6) is 0.606. The Bertz CT molecular complexity index is 1390. The molecule has 0 saturated heterocycles. The van der Waals surface area contributed by atoms with E-state index in [1.165, 1.54) is 0 Å². The van der Waals surface area contributed by atoms with Gasteiger partial charge in [-0.25, -0.2) is 9.67 Å². The predicted octanol–water partition coefficient (Wildman–Crippen LogP) is 3.34. The number of anilines is 1. The van der Waals surface area contributed by atoms with Crippen LogP contribution in [-0.4, -0.2) is 50.3 Å². The fourth-order valence-electron chi connectivity index (χ4n) is 4.91. The zero-order valence-corrected chi connectivity index (χ0v) is 20.8. The van der Waals surface area contributed by atoms with Gasteiger partial charge in [0, 0.05) is 42.5 Å². The topological polar surface area (TPSA) is 124 Å². The molecule has 5 rings (SSSR count). The minimum atomic E-state index is -0.374. The van der Waals surface area contributed by atoms with Crippen LogP contribution in [0, 0.1) is 5.41 Å². The molecule has 1 aliphatic carbocycles. The van der Waals surface area contributed by atoms with Crippen LogP contribution in [0.3, 0.4) is 0 Å². The molecule has 4 aromatic rings. The van der Waals surface area contributed by atoms with Crippen molar-refractivity contribution in [1.29, 1.82) is 0 Å². The second kappa shape index (κ2) is 8.92. The van der Waals surface area contributed by atoms with Gasteiger partial charge in [0.1, 0.15) is 4.60 Å². The molecule has 2 atom stereocenters. The van der Waals surface area contributed by atoms with Crippen LogP contribution in [0.1, 0.15) is 31.7 Å². The van der Waals surface area contributed by atoms with Crippen LogP contribution in [0.15, 0.2) is 41.4 Å². The van der Waals surface area contributed by atoms with Gasteiger partial charge < -0.3 is 16.4 Å². The van der Waals surface area contributed by atoms with Gasteiger partial charge in [0.15, 0.2) is 5.65 Å². The summed E-state index contributed by atoms with van der Waals surface area (Å²) >= 11 is 3.56. The SMILES string of the molecule is CNC(=O)[C@]1(C)CC[C@@H](Nc2ncc3c(Br)nn(-c4cc(CCN)c5cnccc5c4)c3n2)C1. The fraction of sp³-hybridized carbons (Fsp3) is 0.375. The molecule has 3 aromatic heterocycles. The number of carbonyl (C=O) groups is 1. The second-order valence-corrected chi connectivity index (χ2v) is 9.85. The van der Waals surface area contributed by atoms with Gasteiger partial charge in [-0.15, -0.1) is 0 Å². The highest BCUT2D eigenvalue weighted by Gasteiger charge is 2.40. The molecule has 10 heteroatoms. The zero-order chi connectivity index (χ0) is 23.9. The number of halogens is 1. The van der Waals surface area contributed by atoms with Crippen molar-refractivity contribution in [2.75, 3.05) is 18.9 Å². The normalized spacial score (nSPS) is 20.2. The number of amides is 1. The second-order valence-electron chi connectivity index (χ2n) is 9.10. The maximum Gasteiger partial charge on any atom is 0.225 e. The van der Waals surface area contributed by atoms with Gasteiger partial charge in [0.2, 0.25) is 11.9 Å². The van der Waals surface area contributed by atoms with E-state index < -0.39 is 0 Å². The van der Waals surface area contributed by atoms with E-state index in [1.807, 2.05) is 23.9 Å². The maximum atomic E-state index is 12.3. The van der Waals surface area contributed by atoms with Gasteiger partial charge in [-0.05, 0) is 77.3 Å². The Labute approximate surface area is 205 Å². The van der Waals surface area contributed by atoms with Gasteiger partial charge in [-0.2, -0.15) is 10.1 Å². The minimum Gasteiger partial charge on any atom is -0.359 e. The molecule has 1 saturated carbocycles.